The highest BCUT2D eigenvalue weighted by Gasteiger charge is 2.04. The number of nitrogens with zero attached hydrogens (tertiary/aromatic N) is 1. The van der Waals surface area contributed by atoms with Crippen molar-refractivity contribution in [3.05, 3.63) is 12.2 Å². The normalized spacial score (nSPS) is 9.70. The number of rotatable bonds is 3. The van der Waals surface area contributed by atoms with E-state index >= 15 is 0 Å². The number of aromatic nitrogens is 1. The van der Waals surface area contributed by atoms with E-state index in [1.807, 2.05) is 6.26 Å². The third-order valence-corrected chi connectivity index (χ3v) is 1.79. The van der Waals surface area contributed by atoms with Crippen LogP contribution in [0.2, 0.25) is 0 Å². The minimum absolute atomic E-state index is 0.316. The molecule has 0 aromatic carbocycles. The van der Waals surface area contributed by atoms with Crippen molar-refractivity contribution < 1.29 is 9.21 Å². The smallest absolute Gasteiger partial charge is 0.182 e. The van der Waals surface area contributed by atoms with Gasteiger partial charge in [-0.15, -0.1) is 11.8 Å². The van der Waals surface area contributed by atoms with Gasteiger partial charge in [0.05, 0.1) is 6.42 Å². The van der Waals surface area contributed by atoms with Crippen LogP contribution in [0.25, 0.3) is 0 Å². The summed E-state index contributed by atoms with van der Waals surface area (Å²) < 4.78 is 4.93. The number of aldehydes is 1. The fourth-order valence-electron chi connectivity index (χ4n) is 0.638. The molecule has 0 saturated heterocycles. The van der Waals surface area contributed by atoms with Gasteiger partial charge in [0.2, 0.25) is 0 Å². The lowest BCUT2D eigenvalue weighted by Crippen LogP contribution is -1.84. The van der Waals surface area contributed by atoms with Crippen LogP contribution in [0.15, 0.2) is 15.8 Å². The lowest BCUT2D eigenvalue weighted by Gasteiger charge is -1.88. The summed E-state index contributed by atoms with van der Waals surface area (Å²) in [6.07, 6.45) is 4.37. The van der Waals surface area contributed by atoms with E-state index in [9.17, 15) is 4.79 Å². The monoisotopic (exact) mass is 157 g/mol. The summed E-state index contributed by atoms with van der Waals surface area (Å²) in [5, 5.41) is 0.798. The first-order valence-electron chi connectivity index (χ1n) is 2.78. The van der Waals surface area contributed by atoms with Crippen molar-refractivity contribution in [2.75, 3.05) is 6.26 Å². The second-order valence-electron chi connectivity index (χ2n) is 1.66. The average molecular weight is 157 g/mol. The SMILES string of the molecule is CSc1ncoc1CC=O. The third-order valence-electron chi connectivity index (χ3n) is 1.07. The number of carbonyl (C=O) groups excluding carboxylic acids is 1. The van der Waals surface area contributed by atoms with Gasteiger partial charge in [0.1, 0.15) is 17.1 Å². The van der Waals surface area contributed by atoms with Crippen molar-refractivity contribution in [1.82, 2.24) is 4.98 Å². The second-order valence-corrected chi connectivity index (χ2v) is 2.45. The Hall–Kier alpha value is -0.770. The number of hydrogen-bond donors (Lipinski definition) is 0. The minimum atomic E-state index is 0.316. The second kappa shape index (κ2) is 3.41. The van der Waals surface area contributed by atoms with Gasteiger partial charge >= 0.3 is 0 Å². The van der Waals surface area contributed by atoms with Crippen molar-refractivity contribution in [2.24, 2.45) is 0 Å². The quantitative estimate of drug-likeness (QED) is 0.487. The minimum Gasteiger partial charge on any atom is -0.447 e. The Morgan fingerprint density at radius 3 is 3.30 bits per heavy atom. The van der Waals surface area contributed by atoms with E-state index in [-0.39, 0.29) is 0 Å². The highest BCUT2D eigenvalue weighted by molar-refractivity contribution is 7.98. The van der Waals surface area contributed by atoms with E-state index in [1.54, 1.807) is 0 Å². The number of carbonyl (C=O) groups is 1. The van der Waals surface area contributed by atoms with Gasteiger partial charge < -0.3 is 9.21 Å². The van der Waals surface area contributed by atoms with Gasteiger partial charge in [0, 0.05) is 0 Å². The van der Waals surface area contributed by atoms with Gasteiger partial charge in [-0.3, -0.25) is 0 Å². The Bertz CT molecular complexity index is 221. The Kier molecular flexibility index (Phi) is 2.50. The molecule has 10 heavy (non-hydrogen) atoms. The van der Waals surface area contributed by atoms with Crippen LogP contribution >= 0.6 is 11.8 Å². The largest absolute Gasteiger partial charge is 0.447 e. The molecular formula is C6H7NO2S. The molecule has 1 aromatic rings. The van der Waals surface area contributed by atoms with Crippen LogP contribution in [-0.4, -0.2) is 17.5 Å². The lowest BCUT2D eigenvalue weighted by atomic mass is 10.4. The van der Waals surface area contributed by atoms with Crippen molar-refractivity contribution in [3.8, 4) is 0 Å². The zero-order chi connectivity index (χ0) is 7.40. The van der Waals surface area contributed by atoms with Gasteiger partial charge in [-0.2, -0.15) is 0 Å². The van der Waals surface area contributed by atoms with Crippen molar-refractivity contribution in [2.45, 2.75) is 11.4 Å². The van der Waals surface area contributed by atoms with Gasteiger partial charge in [-0.1, -0.05) is 0 Å². The number of thioether (sulfide) groups is 1. The zero-order valence-electron chi connectivity index (χ0n) is 5.53. The molecule has 0 bridgehead atoms. The number of oxazole rings is 1. The fourth-order valence-corrected chi connectivity index (χ4v) is 1.15. The molecule has 0 radical (unpaired) electrons. The highest BCUT2D eigenvalue weighted by atomic mass is 32.2. The van der Waals surface area contributed by atoms with Gasteiger partial charge in [0.25, 0.3) is 0 Å². The van der Waals surface area contributed by atoms with Crippen LogP contribution < -0.4 is 0 Å². The molecule has 0 saturated carbocycles. The Morgan fingerprint density at radius 1 is 1.90 bits per heavy atom. The highest BCUT2D eigenvalue weighted by Crippen LogP contribution is 2.17. The van der Waals surface area contributed by atoms with Crippen molar-refractivity contribution >= 4 is 18.0 Å². The van der Waals surface area contributed by atoms with Crippen molar-refractivity contribution in [1.29, 1.82) is 0 Å². The zero-order valence-corrected chi connectivity index (χ0v) is 6.35. The molecule has 3 nitrogen and oxygen atoms in total. The Balaban J connectivity index is 2.79. The predicted octanol–water partition coefficient (Wildman–Crippen LogP) is 1.14. The van der Waals surface area contributed by atoms with Gasteiger partial charge in [-0.25, -0.2) is 4.98 Å². The summed E-state index contributed by atoms with van der Waals surface area (Å²) in [6, 6.07) is 0. The van der Waals surface area contributed by atoms with E-state index in [0.717, 1.165) is 11.3 Å². The first kappa shape index (κ1) is 7.34. The first-order chi connectivity index (χ1) is 4.88. The fraction of sp³-hybridized carbons (Fsp3) is 0.333. The maximum absolute atomic E-state index is 10.0. The van der Waals surface area contributed by atoms with Gasteiger partial charge in [0.15, 0.2) is 6.39 Å². The average Bonchev–Trinajstić information content (AvgIpc) is 2.36. The molecule has 0 aliphatic carbocycles. The van der Waals surface area contributed by atoms with Gasteiger partial charge in [-0.05, 0) is 6.26 Å². The van der Waals surface area contributed by atoms with E-state index in [0.29, 0.717) is 12.2 Å². The van der Waals surface area contributed by atoms with Crippen molar-refractivity contribution in [3.63, 3.8) is 0 Å². The molecule has 0 aliphatic rings. The van der Waals surface area contributed by atoms with Crippen LogP contribution in [0, 0.1) is 0 Å². The molecule has 1 rings (SSSR count). The van der Waals surface area contributed by atoms with E-state index < -0.39 is 0 Å². The topological polar surface area (TPSA) is 43.1 Å². The number of hydrogen-bond acceptors (Lipinski definition) is 4. The van der Waals surface area contributed by atoms with Crippen LogP contribution in [0.5, 0.6) is 0 Å². The standard InChI is InChI=1S/C6H7NO2S/c1-10-6-5(2-3-8)9-4-7-6/h3-4H,2H2,1H3. The maximum atomic E-state index is 10.0. The first-order valence-corrected chi connectivity index (χ1v) is 4.01. The molecule has 0 unspecified atom stereocenters. The predicted molar refractivity (Wildman–Crippen MR) is 38.1 cm³/mol. The van der Waals surface area contributed by atoms with Crippen LogP contribution in [-0.2, 0) is 11.2 Å². The molecule has 0 fully saturated rings. The van der Waals surface area contributed by atoms with E-state index in [4.69, 9.17) is 4.42 Å². The molecule has 0 N–H and O–H groups in total. The molecule has 4 heteroatoms. The van der Waals surface area contributed by atoms with E-state index in [1.165, 1.54) is 18.2 Å². The van der Waals surface area contributed by atoms with Crippen LogP contribution in [0.1, 0.15) is 5.76 Å². The molecule has 0 amide bonds. The van der Waals surface area contributed by atoms with Crippen LogP contribution in [0.4, 0.5) is 0 Å². The molecule has 54 valence electrons. The maximum Gasteiger partial charge on any atom is 0.182 e. The molecule has 1 heterocycles. The summed E-state index contributed by atoms with van der Waals surface area (Å²) in [4.78, 5) is 13.9. The Morgan fingerprint density at radius 2 is 2.70 bits per heavy atom. The summed E-state index contributed by atoms with van der Waals surface area (Å²) in [5.41, 5.74) is 0. The third kappa shape index (κ3) is 1.39. The molecule has 0 atom stereocenters. The molecule has 1 aromatic heterocycles. The molecule has 0 spiro atoms. The Labute approximate surface area is 62.8 Å². The van der Waals surface area contributed by atoms with Crippen LogP contribution in [0.3, 0.4) is 0 Å². The summed E-state index contributed by atoms with van der Waals surface area (Å²) >= 11 is 1.48. The summed E-state index contributed by atoms with van der Waals surface area (Å²) in [7, 11) is 0. The van der Waals surface area contributed by atoms with E-state index in [2.05, 4.69) is 4.98 Å². The lowest BCUT2D eigenvalue weighted by molar-refractivity contribution is -0.107. The summed E-state index contributed by atoms with van der Waals surface area (Å²) in [5.74, 6) is 0.655. The molecular weight excluding hydrogens is 150 g/mol. The molecule has 0 aliphatic heterocycles. The summed E-state index contributed by atoms with van der Waals surface area (Å²) in [6.45, 7) is 0.